The molecular formula is C12H16FN3O4S. The van der Waals surface area contributed by atoms with Crippen molar-refractivity contribution in [3.8, 4) is 0 Å². The summed E-state index contributed by atoms with van der Waals surface area (Å²) in [5.74, 6) is -0.727. The van der Waals surface area contributed by atoms with Gasteiger partial charge in [0.1, 0.15) is 4.90 Å². The van der Waals surface area contributed by atoms with Gasteiger partial charge in [-0.1, -0.05) is 12.8 Å². The SMILES string of the molecule is CC(CC1CC1)NS(=O)(=O)c1c(N)cc([N+](=O)[O-])cc1F. The molecule has 0 aromatic heterocycles. The van der Waals surface area contributed by atoms with Crippen LogP contribution in [0.1, 0.15) is 26.2 Å². The highest BCUT2D eigenvalue weighted by atomic mass is 32.2. The number of sulfonamides is 1. The van der Waals surface area contributed by atoms with Crippen LogP contribution < -0.4 is 10.5 Å². The summed E-state index contributed by atoms with van der Waals surface area (Å²) in [6.07, 6.45) is 2.81. The number of hydrogen-bond donors (Lipinski definition) is 2. The molecule has 9 heteroatoms. The number of nitro benzene ring substituents is 1. The maximum atomic E-state index is 13.9. The summed E-state index contributed by atoms with van der Waals surface area (Å²) >= 11 is 0. The molecule has 0 aliphatic heterocycles. The number of rotatable bonds is 6. The van der Waals surface area contributed by atoms with Crippen molar-refractivity contribution in [2.75, 3.05) is 5.73 Å². The van der Waals surface area contributed by atoms with Crippen molar-refractivity contribution in [1.29, 1.82) is 0 Å². The van der Waals surface area contributed by atoms with E-state index in [1.54, 1.807) is 6.92 Å². The average molecular weight is 317 g/mol. The molecule has 21 heavy (non-hydrogen) atoms. The summed E-state index contributed by atoms with van der Waals surface area (Å²) in [5.41, 5.74) is 4.40. The third kappa shape index (κ3) is 3.67. The minimum atomic E-state index is -4.15. The highest BCUT2D eigenvalue weighted by Crippen LogP contribution is 2.34. The third-order valence-electron chi connectivity index (χ3n) is 3.28. The molecule has 2 rings (SSSR count). The summed E-state index contributed by atoms with van der Waals surface area (Å²) in [6, 6.07) is 1.04. The molecule has 1 aromatic carbocycles. The van der Waals surface area contributed by atoms with Gasteiger partial charge in [-0.2, -0.15) is 0 Å². The third-order valence-corrected chi connectivity index (χ3v) is 4.96. The molecule has 1 aromatic rings. The minimum absolute atomic E-state index is 0.350. The molecule has 116 valence electrons. The molecule has 0 saturated heterocycles. The Hall–Kier alpha value is -1.74. The fourth-order valence-corrected chi connectivity index (χ4v) is 3.64. The summed E-state index contributed by atoms with van der Waals surface area (Å²) < 4.78 is 40.6. The smallest absolute Gasteiger partial charge is 0.274 e. The van der Waals surface area contributed by atoms with Crippen LogP contribution in [0.4, 0.5) is 15.8 Å². The predicted octanol–water partition coefficient (Wildman–Crippen LogP) is 1.78. The Morgan fingerprint density at radius 1 is 1.52 bits per heavy atom. The van der Waals surface area contributed by atoms with E-state index in [1.807, 2.05) is 0 Å². The Morgan fingerprint density at radius 3 is 2.62 bits per heavy atom. The number of halogens is 1. The van der Waals surface area contributed by atoms with Gasteiger partial charge in [0.2, 0.25) is 10.0 Å². The van der Waals surface area contributed by atoms with Gasteiger partial charge in [-0.25, -0.2) is 17.5 Å². The van der Waals surface area contributed by atoms with Crippen molar-refractivity contribution < 1.29 is 17.7 Å². The Bertz CT molecular complexity index is 650. The standard InChI is InChI=1S/C12H16FN3O4S/c1-7(4-8-2-3-8)15-21(19,20)12-10(13)5-9(16(17)18)6-11(12)14/h5-8,15H,2-4,14H2,1H3. The first-order valence-corrected chi connectivity index (χ1v) is 7.94. The van der Waals surface area contributed by atoms with Gasteiger partial charge in [0.05, 0.1) is 16.7 Å². The van der Waals surface area contributed by atoms with E-state index in [4.69, 9.17) is 5.73 Å². The lowest BCUT2D eigenvalue weighted by Gasteiger charge is -2.15. The van der Waals surface area contributed by atoms with E-state index >= 15 is 0 Å². The molecule has 0 spiro atoms. The molecule has 0 radical (unpaired) electrons. The van der Waals surface area contributed by atoms with E-state index in [2.05, 4.69) is 4.72 Å². The van der Waals surface area contributed by atoms with Gasteiger partial charge in [0, 0.05) is 12.1 Å². The van der Waals surface area contributed by atoms with Crippen molar-refractivity contribution in [3.63, 3.8) is 0 Å². The van der Waals surface area contributed by atoms with Crippen molar-refractivity contribution in [2.45, 2.75) is 37.1 Å². The molecule has 1 fully saturated rings. The quantitative estimate of drug-likeness (QED) is 0.471. The highest BCUT2D eigenvalue weighted by molar-refractivity contribution is 7.89. The van der Waals surface area contributed by atoms with E-state index in [0.717, 1.165) is 18.9 Å². The molecule has 0 heterocycles. The average Bonchev–Trinajstić information content (AvgIpc) is 3.09. The Morgan fingerprint density at radius 2 is 2.14 bits per heavy atom. The lowest BCUT2D eigenvalue weighted by molar-refractivity contribution is -0.385. The lowest BCUT2D eigenvalue weighted by atomic mass is 10.2. The molecule has 0 amide bonds. The van der Waals surface area contributed by atoms with Crippen LogP contribution in [0, 0.1) is 21.8 Å². The number of nitrogens with one attached hydrogen (secondary N) is 1. The number of non-ortho nitro benzene ring substituents is 1. The van der Waals surface area contributed by atoms with Crippen LogP contribution >= 0.6 is 0 Å². The Balaban J connectivity index is 2.28. The molecule has 1 aliphatic rings. The van der Waals surface area contributed by atoms with Gasteiger partial charge in [-0.15, -0.1) is 0 Å². The van der Waals surface area contributed by atoms with E-state index < -0.39 is 37.0 Å². The second-order valence-electron chi connectivity index (χ2n) is 5.30. The molecule has 0 bridgehead atoms. The van der Waals surface area contributed by atoms with Crippen molar-refractivity contribution in [2.24, 2.45) is 5.92 Å². The number of anilines is 1. The number of nitro groups is 1. The zero-order valence-electron chi connectivity index (χ0n) is 11.4. The van der Waals surface area contributed by atoms with Crippen LogP contribution in [0.2, 0.25) is 0 Å². The first-order valence-electron chi connectivity index (χ1n) is 6.46. The fraction of sp³-hybridized carbons (Fsp3) is 0.500. The van der Waals surface area contributed by atoms with Crippen molar-refractivity contribution >= 4 is 21.4 Å². The van der Waals surface area contributed by atoms with Gasteiger partial charge in [-0.05, 0) is 19.3 Å². The van der Waals surface area contributed by atoms with Gasteiger partial charge < -0.3 is 5.73 Å². The largest absolute Gasteiger partial charge is 0.397 e. The van der Waals surface area contributed by atoms with Crippen LogP contribution in [0.25, 0.3) is 0 Å². The van der Waals surface area contributed by atoms with Gasteiger partial charge >= 0.3 is 0 Å². The first kappa shape index (κ1) is 15.6. The second-order valence-corrected chi connectivity index (χ2v) is 6.96. The van der Waals surface area contributed by atoms with E-state index in [1.165, 1.54) is 0 Å². The summed E-state index contributed by atoms with van der Waals surface area (Å²) in [4.78, 5) is 9.02. The number of benzene rings is 1. The maximum Gasteiger partial charge on any atom is 0.274 e. The molecule has 7 nitrogen and oxygen atoms in total. The normalized spacial score (nSPS) is 16.7. The molecule has 3 N–H and O–H groups in total. The van der Waals surface area contributed by atoms with E-state index in [0.29, 0.717) is 18.4 Å². The molecule has 1 saturated carbocycles. The van der Waals surface area contributed by atoms with Crippen molar-refractivity contribution in [3.05, 3.63) is 28.1 Å². The van der Waals surface area contributed by atoms with Crippen LogP contribution in [0.3, 0.4) is 0 Å². The van der Waals surface area contributed by atoms with Crippen molar-refractivity contribution in [1.82, 2.24) is 4.72 Å². The zero-order chi connectivity index (χ0) is 15.8. The summed E-state index contributed by atoms with van der Waals surface area (Å²) in [6.45, 7) is 1.69. The van der Waals surface area contributed by atoms with Gasteiger partial charge in [0.25, 0.3) is 5.69 Å². The summed E-state index contributed by atoms with van der Waals surface area (Å²) in [5, 5.41) is 10.6. The minimum Gasteiger partial charge on any atom is -0.397 e. The molecule has 1 unspecified atom stereocenters. The van der Waals surface area contributed by atoms with Crippen LogP contribution in [0.15, 0.2) is 17.0 Å². The fourth-order valence-electron chi connectivity index (χ4n) is 2.21. The summed E-state index contributed by atoms with van der Waals surface area (Å²) in [7, 11) is -4.15. The van der Waals surface area contributed by atoms with Gasteiger partial charge in [0.15, 0.2) is 5.82 Å². The van der Waals surface area contributed by atoms with E-state index in [-0.39, 0.29) is 6.04 Å². The van der Waals surface area contributed by atoms with Gasteiger partial charge in [-0.3, -0.25) is 10.1 Å². The Kier molecular flexibility index (Phi) is 4.15. The monoisotopic (exact) mass is 317 g/mol. The second kappa shape index (κ2) is 5.57. The number of nitrogens with zero attached hydrogens (tertiary/aromatic N) is 1. The molecule has 1 aliphatic carbocycles. The first-order chi connectivity index (χ1) is 9.70. The zero-order valence-corrected chi connectivity index (χ0v) is 12.2. The lowest BCUT2D eigenvalue weighted by Crippen LogP contribution is -2.34. The number of nitrogen functional groups attached to an aromatic ring is 1. The molecule has 1 atom stereocenters. The maximum absolute atomic E-state index is 13.9. The van der Waals surface area contributed by atoms with Crippen LogP contribution in [-0.4, -0.2) is 19.4 Å². The van der Waals surface area contributed by atoms with Crippen LogP contribution in [-0.2, 0) is 10.0 Å². The Labute approximate surface area is 121 Å². The highest BCUT2D eigenvalue weighted by Gasteiger charge is 2.29. The predicted molar refractivity (Wildman–Crippen MR) is 74.6 cm³/mol. The van der Waals surface area contributed by atoms with E-state index in [9.17, 15) is 22.9 Å². The molecular weight excluding hydrogens is 301 g/mol. The number of nitrogens with two attached hydrogens (primary N) is 1. The topological polar surface area (TPSA) is 115 Å². The number of hydrogen-bond acceptors (Lipinski definition) is 5. The van der Waals surface area contributed by atoms with Crippen LogP contribution in [0.5, 0.6) is 0 Å².